The summed E-state index contributed by atoms with van der Waals surface area (Å²) in [5, 5.41) is 8.28. The third-order valence-corrected chi connectivity index (χ3v) is 2.96. The second-order valence-corrected chi connectivity index (χ2v) is 4.29. The second kappa shape index (κ2) is 12.2. The SMILES string of the molecule is CC.CC.CCn1cc(C)cn1.Cc1nn(C)c(C)c1C. The first-order valence-corrected chi connectivity index (χ1v) is 7.91. The molecule has 21 heavy (non-hydrogen) atoms. The minimum absolute atomic E-state index is 0.966. The third-order valence-electron chi connectivity index (χ3n) is 2.96. The molecule has 4 nitrogen and oxygen atoms in total. The average Bonchev–Trinajstić information content (AvgIpc) is 3.04. The van der Waals surface area contributed by atoms with Crippen molar-refractivity contribution in [1.82, 2.24) is 19.6 Å². The summed E-state index contributed by atoms with van der Waals surface area (Å²) in [5.41, 5.74) is 4.92. The summed E-state index contributed by atoms with van der Waals surface area (Å²) in [7, 11) is 1.97. The molecule has 0 aliphatic carbocycles. The molecule has 0 radical (unpaired) electrons. The van der Waals surface area contributed by atoms with Crippen molar-refractivity contribution in [3.8, 4) is 0 Å². The van der Waals surface area contributed by atoms with Gasteiger partial charge in [0.1, 0.15) is 0 Å². The predicted molar refractivity (Wildman–Crippen MR) is 92.8 cm³/mol. The van der Waals surface area contributed by atoms with Crippen molar-refractivity contribution in [3.05, 3.63) is 34.9 Å². The molecule has 0 atom stereocenters. The van der Waals surface area contributed by atoms with Gasteiger partial charge in [-0.2, -0.15) is 10.2 Å². The van der Waals surface area contributed by atoms with Crippen LogP contribution < -0.4 is 0 Å². The van der Waals surface area contributed by atoms with Crippen molar-refractivity contribution >= 4 is 0 Å². The Hall–Kier alpha value is -1.58. The van der Waals surface area contributed by atoms with Crippen molar-refractivity contribution in [3.63, 3.8) is 0 Å². The zero-order chi connectivity index (χ0) is 17.0. The Morgan fingerprint density at radius 2 is 1.52 bits per heavy atom. The molecule has 0 aliphatic rings. The van der Waals surface area contributed by atoms with Crippen molar-refractivity contribution < 1.29 is 0 Å². The first kappa shape index (κ1) is 21.7. The maximum Gasteiger partial charge on any atom is 0.0625 e. The monoisotopic (exact) mass is 294 g/mol. The molecular formula is C17H34N4. The number of hydrogen-bond acceptors (Lipinski definition) is 2. The second-order valence-electron chi connectivity index (χ2n) is 4.29. The van der Waals surface area contributed by atoms with Crippen LogP contribution in [0.1, 0.15) is 57.1 Å². The Bertz CT molecular complexity index is 458. The molecule has 0 aliphatic heterocycles. The van der Waals surface area contributed by atoms with Crippen LogP contribution in [0.2, 0.25) is 0 Å². The fourth-order valence-electron chi connectivity index (χ4n) is 1.52. The van der Waals surface area contributed by atoms with Gasteiger partial charge in [0.05, 0.1) is 11.9 Å². The van der Waals surface area contributed by atoms with E-state index >= 15 is 0 Å². The Morgan fingerprint density at radius 3 is 1.67 bits per heavy atom. The van der Waals surface area contributed by atoms with Gasteiger partial charge in [-0.3, -0.25) is 9.36 Å². The zero-order valence-corrected chi connectivity index (χ0v) is 15.7. The lowest BCUT2D eigenvalue weighted by Gasteiger charge is -1.90. The molecule has 2 aromatic heterocycles. The summed E-state index contributed by atoms with van der Waals surface area (Å²) >= 11 is 0. The van der Waals surface area contributed by atoms with Crippen LogP contribution in [0.5, 0.6) is 0 Å². The van der Waals surface area contributed by atoms with Gasteiger partial charge in [-0.25, -0.2) is 0 Å². The average molecular weight is 294 g/mol. The minimum Gasteiger partial charge on any atom is -0.273 e. The van der Waals surface area contributed by atoms with E-state index in [0.29, 0.717) is 0 Å². The van der Waals surface area contributed by atoms with Crippen LogP contribution in [0.15, 0.2) is 12.4 Å². The molecule has 0 unspecified atom stereocenters. The van der Waals surface area contributed by atoms with Crippen LogP contribution in [0.3, 0.4) is 0 Å². The maximum atomic E-state index is 4.23. The molecule has 0 amide bonds. The molecular weight excluding hydrogens is 260 g/mol. The fourth-order valence-corrected chi connectivity index (χ4v) is 1.52. The van der Waals surface area contributed by atoms with Crippen LogP contribution in [0.4, 0.5) is 0 Å². The zero-order valence-electron chi connectivity index (χ0n) is 15.7. The smallest absolute Gasteiger partial charge is 0.0625 e. The van der Waals surface area contributed by atoms with Crippen molar-refractivity contribution in [2.24, 2.45) is 7.05 Å². The molecule has 0 spiro atoms. The summed E-state index contributed by atoms with van der Waals surface area (Å²) in [6, 6.07) is 0. The molecule has 122 valence electrons. The molecule has 2 aromatic rings. The Morgan fingerprint density at radius 1 is 1.00 bits per heavy atom. The van der Waals surface area contributed by atoms with Gasteiger partial charge in [0, 0.05) is 25.5 Å². The van der Waals surface area contributed by atoms with Crippen LogP contribution >= 0.6 is 0 Å². The lowest BCUT2D eigenvalue weighted by atomic mass is 10.2. The van der Waals surface area contributed by atoms with Gasteiger partial charge in [0.25, 0.3) is 0 Å². The van der Waals surface area contributed by atoms with Crippen molar-refractivity contribution in [2.45, 2.75) is 68.9 Å². The summed E-state index contributed by atoms with van der Waals surface area (Å²) in [6.07, 6.45) is 3.89. The van der Waals surface area contributed by atoms with Crippen LogP contribution in [-0.2, 0) is 13.6 Å². The third kappa shape index (κ3) is 7.69. The number of hydrogen-bond donors (Lipinski definition) is 0. The Balaban J connectivity index is 0. The largest absolute Gasteiger partial charge is 0.273 e. The fraction of sp³-hybridized carbons (Fsp3) is 0.647. The summed E-state index contributed by atoms with van der Waals surface area (Å²) in [6.45, 7) is 19.3. The van der Waals surface area contributed by atoms with Crippen LogP contribution in [-0.4, -0.2) is 19.6 Å². The molecule has 0 bridgehead atoms. The van der Waals surface area contributed by atoms with Gasteiger partial charge >= 0.3 is 0 Å². The van der Waals surface area contributed by atoms with E-state index in [4.69, 9.17) is 0 Å². The van der Waals surface area contributed by atoms with E-state index in [-0.39, 0.29) is 0 Å². The first-order chi connectivity index (χ1) is 9.95. The highest BCUT2D eigenvalue weighted by Crippen LogP contribution is 2.08. The first-order valence-electron chi connectivity index (χ1n) is 7.91. The number of rotatable bonds is 1. The van der Waals surface area contributed by atoms with E-state index in [1.165, 1.54) is 16.8 Å². The highest BCUT2D eigenvalue weighted by molar-refractivity contribution is 5.21. The normalized spacial score (nSPS) is 8.67. The quantitative estimate of drug-likeness (QED) is 0.770. The summed E-state index contributed by atoms with van der Waals surface area (Å²) in [4.78, 5) is 0. The standard InChI is InChI=1S/C7H12N2.C6H10N2.2C2H6/c1-5-6(2)8-9(4)7(5)3;1-3-8-5-6(2)4-7-8;2*1-2/h1-4H3;4-5H,3H2,1-2H3;2*1-2H3. The topological polar surface area (TPSA) is 35.6 Å². The minimum atomic E-state index is 0.966. The highest BCUT2D eigenvalue weighted by Gasteiger charge is 2.01. The molecule has 0 N–H and O–H groups in total. The molecule has 2 rings (SSSR count). The van der Waals surface area contributed by atoms with Gasteiger partial charge in [0.15, 0.2) is 0 Å². The van der Waals surface area contributed by atoms with E-state index < -0.39 is 0 Å². The molecule has 0 fully saturated rings. The van der Waals surface area contributed by atoms with E-state index in [2.05, 4.69) is 31.0 Å². The Kier molecular flexibility index (Phi) is 12.6. The number of aryl methyl sites for hydroxylation is 4. The molecule has 2 heterocycles. The van der Waals surface area contributed by atoms with E-state index in [1.54, 1.807) is 0 Å². The van der Waals surface area contributed by atoms with Gasteiger partial charge in [0.2, 0.25) is 0 Å². The van der Waals surface area contributed by atoms with Gasteiger partial charge in [-0.1, -0.05) is 27.7 Å². The highest BCUT2D eigenvalue weighted by atomic mass is 15.3. The molecule has 0 saturated carbocycles. The van der Waals surface area contributed by atoms with E-state index in [1.807, 2.05) is 70.3 Å². The van der Waals surface area contributed by atoms with Crippen LogP contribution in [0.25, 0.3) is 0 Å². The van der Waals surface area contributed by atoms with Crippen molar-refractivity contribution in [2.75, 3.05) is 0 Å². The van der Waals surface area contributed by atoms with Gasteiger partial charge < -0.3 is 0 Å². The predicted octanol–water partition coefficient (Wildman–Crippen LogP) is 4.61. The molecule has 0 aromatic carbocycles. The maximum absolute atomic E-state index is 4.23. The van der Waals surface area contributed by atoms with Crippen LogP contribution in [0, 0.1) is 27.7 Å². The summed E-state index contributed by atoms with van der Waals surface area (Å²) in [5.74, 6) is 0. The molecule has 4 heteroatoms. The van der Waals surface area contributed by atoms with Gasteiger partial charge in [-0.05, 0) is 45.7 Å². The number of aromatic nitrogens is 4. The lowest BCUT2D eigenvalue weighted by Crippen LogP contribution is -1.92. The summed E-state index contributed by atoms with van der Waals surface area (Å²) < 4.78 is 3.82. The Labute approximate surface area is 131 Å². The molecule has 0 saturated heterocycles. The lowest BCUT2D eigenvalue weighted by molar-refractivity contribution is 0.659. The number of nitrogens with zero attached hydrogens (tertiary/aromatic N) is 4. The van der Waals surface area contributed by atoms with Gasteiger partial charge in [-0.15, -0.1) is 0 Å². The van der Waals surface area contributed by atoms with E-state index in [0.717, 1.165) is 12.2 Å². The van der Waals surface area contributed by atoms with Crippen molar-refractivity contribution in [1.29, 1.82) is 0 Å². The van der Waals surface area contributed by atoms with E-state index in [9.17, 15) is 0 Å².